The molecule has 1 amide bonds. The summed E-state index contributed by atoms with van der Waals surface area (Å²) in [4.78, 5) is 31.7. The lowest BCUT2D eigenvalue weighted by atomic mass is 9.89. The molecule has 202 valence electrons. The van der Waals surface area contributed by atoms with Gasteiger partial charge in [-0.3, -0.25) is 19.5 Å². The molecule has 40 heavy (non-hydrogen) atoms. The molecular weight excluding hydrogens is 566 g/mol. The Kier molecular flexibility index (Phi) is 8.53. The molecule has 1 aliphatic heterocycles. The molecule has 1 aliphatic rings. The van der Waals surface area contributed by atoms with Gasteiger partial charge in [-0.05, 0) is 71.6 Å². The van der Waals surface area contributed by atoms with Gasteiger partial charge in [0.1, 0.15) is 5.92 Å². The molecule has 0 spiro atoms. The van der Waals surface area contributed by atoms with E-state index in [2.05, 4.69) is 69.6 Å². The summed E-state index contributed by atoms with van der Waals surface area (Å²) in [6, 6.07) is 31.9. The molecule has 0 bridgehead atoms. The molecule has 1 unspecified atom stereocenters. The molecular formula is C33H30BrN3O3. The van der Waals surface area contributed by atoms with Crippen molar-refractivity contribution in [2.24, 2.45) is 4.99 Å². The third kappa shape index (κ3) is 6.73. The topological polar surface area (TPSA) is 82.0 Å². The average molecular weight is 597 g/mol. The molecule has 0 fully saturated rings. The fourth-order valence-corrected chi connectivity index (χ4v) is 5.38. The van der Waals surface area contributed by atoms with E-state index in [4.69, 9.17) is 10.1 Å². The normalized spacial score (nSPS) is 14.7. The standard InChI is InChI=1S/C33H30BrN3O3/c1-37(20-23-6-3-2-4-7-23)21-24-10-14-27(15-11-24)35-32(25-9-5-8-22(18-25)12-17-30(38)39)31-28-16-13-26(34)19-29(28)36-33(31)40/h2-11,13-16,18-19,31H,12,17,20-21H2,1H3,(H,36,40)(H,38,39). The van der Waals surface area contributed by atoms with E-state index in [1.807, 2.05) is 60.7 Å². The van der Waals surface area contributed by atoms with Gasteiger partial charge < -0.3 is 10.4 Å². The highest BCUT2D eigenvalue weighted by molar-refractivity contribution is 9.10. The van der Waals surface area contributed by atoms with Gasteiger partial charge in [-0.1, -0.05) is 82.7 Å². The number of halogens is 1. The average Bonchev–Trinajstić information content (AvgIpc) is 3.26. The number of carboxylic acid groups (broad SMARTS) is 1. The number of nitrogens with one attached hydrogen (secondary N) is 1. The summed E-state index contributed by atoms with van der Waals surface area (Å²) < 4.78 is 0.883. The zero-order chi connectivity index (χ0) is 28.1. The van der Waals surface area contributed by atoms with Crippen LogP contribution in [0.3, 0.4) is 0 Å². The number of aliphatic imine (C=N–C) groups is 1. The molecule has 4 aromatic carbocycles. The van der Waals surface area contributed by atoms with Crippen LogP contribution in [0.15, 0.2) is 107 Å². The number of aliphatic carboxylic acids is 1. The van der Waals surface area contributed by atoms with Crippen LogP contribution in [0.25, 0.3) is 0 Å². The minimum Gasteiger partial charge on any atom is -0.481 e. The quantitative estimate of drug-likeness (QED) is 0.194. The summed E-state index contributed by atoms with van der Waals surface area (Å²) in [5.41, 5.74) is 7.12. The van der Waals surface area contributed by atoms with Gasteiger partial charge in [0, 0.05) is 29.7 Å². The largest absolute Gasteiger partial charge is 0.481 e. The molecule has 2 N–H and O–H groups in total. The molecule has 4 aromatic rings. The molecule has 7 heteroatoms. The second-order valence-corrected chi connectivity index (χ2v) is 11.0. The Balaban J connectivity index is 1.45. The third-order valence-corrected chi connectivity index (χ3v) is 7.40. The fraction of sp³-hybridized carbons (Fsp3) is 0.182. The minimum atomic E-state index is -0.844. The number of nitrogens with zero attached hydrogens (tertiary/aromatic N) is 2. The Morgan fingerprint density at radius 1 is 0.900 bits per heavy atom. The van der Waals surface area contributed by atoms with Gasteiger partial charge in [0.25, 0.3) is 0 Å². The molecule has 1 heterocycles. The summed E-state index contributed by atoms with van der Waals surface area (Å²) in [6.45, 7) is 1.65. The van der Waals surface area contributed by atoms with Gasteiger partial charge in [-0.15, -0.1) is 0 Å². The summed E-state index contributed by atoms with van der Waals surface area (Å²) in [5.74, 6) is -1.57. The summed E-state index contributed by atoms with van der Waals surface area (Å²) in [6.07, 6.45) is 0.443. The fourth-order valence-electron chi connectivity index (χ4n) is 5.02. The maximum absolute atomic E-state index is 13.3. The Morgan fingerprint density at radius 3 is 2.33 bits per heavy atom. The Labute approximate surface area is 242 Å². The number of amides is 1. The predicted molar refractivity (Wildman–Crippen MR) is 162 cm³/mol. The van der Waals surface area contributed by atoms with Gasteiger partial charge in [0.15, 0.2) is 0 Å². The van der Waals surface area contributed by atoms with E-state index in [0.717, 1.165) is 45.6 Å². The van der Waals surface area contributed by atoms with Crippen LogP contribution in [0.4, 0.5) is 11.4 Å². The van der Waals surface area contributed by atoms with E-state index in [1.165, 1.54) is 11.1 Å². The molecule has 6 nitrogen and oxygen atoms in total. The second kappa shape index (κ2) is 12.4. The monoisotopic (exact) mass is 595 g/mol. The molecule has 0 radical (unpaired) electrons. The van der Waals surface area contributed by atoms with Crippen LogP contribution in [-0.4, -0.2) is 34.6 Å². The SMILES string of the molecule is CN(Cc1ccccc1)Cc1ccc(N=C(c2cccc(CCC(=O)O)c2)C2C(=O)Nc3cc(Br)ccc32)cc1. The number of benzene rings is 4. The highest BCUT2D eigenvalue weighted by Crippen LogP contribution is 2.38. The predicted octanol–water partition coefficient (Wildman–Crippen LogP) is 6.96. The van der Waals surface area contributed by atoms with Crippen LogP contribution in [0.5, 0.6) is 0 Å². The van der Waals surface area contributed by atoms with E-state index in [0.29, 0.717) is 12.1 Å². The van der Waals surface area contributed by atoms with Crippen molar-refractivity contribution in [2.45, 2.75) is 31.8 Å². The number of hydrogen-bond donors (Lipinski definition) is 2. The van der Waals surface area contributed by atoms with Crippen molar-refractivity contribution in [3.8, 4) is 0 Å². The van der Waals surface area contributed by atoms with Crippen LogP contribution >= 0.6 is 15.9 Å². The van der Waals surface area contributed by atoms with Crippen LogP contribution < -0.4 is 5.32 Å². The summed E-state index contributed by atoms with van der Waals surface area (Å²) >= 11 is 3.49. The van der Waals surface area contributed by atoms with Gasteiger partial charge >= 0.3 is 5.97 Å². The number of aryl methyl sites for hydroxylation is 1. The third-order valence-electron chi connectivity index (χ3n) is 6.90. The van der Waals surface area contributed by atoms with Gasteiger partial charge in [-0.25, -0.2) is 0 Å². The molecule has 5 rings (SSSR count). The number of carboxylic acids is 1. The molecule has 0 saturated carbocycles. The van der Waals surface area contributed by atoms with E-state index in [1.54, 1.807) is 0 Å². The maximum atomic E-state index is 13.3. The van der Waals surface area contributed by atoms with E-state index in [9.17, 15) is 9.59 Å². The Morgan fingerprint density at radius 2 is 1.60 bits per heavy atom. The maximum Gasteiger partial charge on any atom is 0.303 e. The zero-order valence-electron chi connectivity index (χ0n) is 22.2. The van der Waals surface area contributed by atoms with E-state index >= 15 is 0 Å². The van der Waals surface area contributed by atoms with Crippen molar-refractivity contribution < 1.29 is 14.7 Å². The van der Waals surface area contributed by atoms with Crippen molar-refractivity contribution in [2.75, 3.05) is 12.4 Å². The highest BCUT2D eigenvalue weighted by Gasteiger charge is 2.35. The van der Waals surface area contributed by atoms with Crippen molar-refractivity contribution in [1.29, 1.82) is 0 Å². The molecule has 0 aliphatic carbocycles. The van der Waals surface area contributed by atoms with Crippen molar-refractivity contribution in [3.05, 3.63) is 129 Å². The lowest BCUT2D eigenvalue weighted by Crippen LogP contribution is -2.22. The number of rotatable bonds is 10. The molecule has 0 saturated heterocycles. The van der Waals surface area contributed by atoms with Crippen molar-refractivity contribution in [3.63, 3.8) is 0 Å². The first-order valence-corrected chi connectivity index (χ1v) is 14.0. The van der Waals surface area contributed by atoms with E-state index < -0.39 is 11.9 Å². The number of carbonyl (C=O) groups excluding carboxylic acids is 1. The summed E-state index contributed by atoms with van der Waals surface area (Å²) in [5, 5.41) is 12.2. The van der Waals surface area contributed by atoms with Crippen molar-refractivity contribution in [1.82, 2.24) is 4.90 Å². The first-order valence-electron chi connectivity index (χ1n) is 13.2. The number of fused-ring (bicyclic) bond motifs is 1. The lowest BCUT2D eigenvalue weighted by Gasteiger charge is -2.17. The van der Waals surface area contributed by atoms with Crippen LogP contribution in [0, 0.1) is 0 Å². The molecule has 0 aromatic heterocycles. The first-order chi connectivity index (χ1) is 19.4. The zero-order valence-corrected chi connectivity index (χ0v) is 23.8. The van der Waals surface area contributed by atoms with Crippen molar-refractivity contribution >= 4 is 44.9 Å². The second-order valence-electron chi connectivity index (χ2n) is 10.1. The van der Waals surface area contributed by atoms with Gasteiger partial charge in [0.05, 0.1) is 11.4 Å². The van der Waals surface area contributed by atoms with Crippen LogP contribution in [0.2, 0.25) is 0 Å². The first kappa shape index (κ1) is 27.5. The molecule has 1 atom stereocenters. The minimum absolute atomic E-state index is 0.0386. The lowest BCUT2D eigenvalue weighted by molar-refractivity contribution is -0.137. The number of carbonyl (C=O) groups is 2. The van der Waals surface area contributed by atoms with Crippen LogP contribution in [0.1, 0.15) is 40.2 Å². The highest BCUT2D eigenvalue weighted by atomic mass is 79.9. The number of anilines is 1. The van der Waals surface area contributed by atoms with Gasteiger partial charge in [-0.2, -0.15) is 0 Å². The number of hydrogen-bond acceptors (Lipinski definition) is 4. The van der Waals surface area contributed by atoms with E-state index in [-0.39, 0.29) is 12.3 Å². The summed E-state index contributed by atoms with van der Waals surface area (Å²) in [7, 11) is 2.10. The Hall–Kier alpha value is -4.07. The van der Waals surface area contributed by atoms with Crippen LogP contribution in [-0.2, 0) is 29.1 Å². The Bertz CT molecular complexity index is 1550. The van der Waals surface area contributed by atoms with Gasteiger partial charge in [0.2, 0.25) is 5.91 Å². The smallest absolute Gasteiger partial charge is 0.303 e.